The van der Waals surface area contributed by atoms with Crippen molar-refractivity contribution in [2.45, 2.75) is 6.92 Å². The molecule has 0 spiro atoms. The van der Waals surface area contributed by atoms with Crippen molar-refractivity contribution in [3.05, 3.63) is 28.2 Å². The van der Waals surface area contributed by atoms with Gasteiger partial charge in [0.2, 0.25) is 5.91 Å². The molecular formula is C12H13BrN2O. The van der Waals surface area contributed by atoms with E-state index in [1.807, 2.05) is 25.1 Å². The summed E-state index contributed by atoms with van der Waals surface area (Å²) in [4.78, 5) is 11.5. The quantitative estimate of drug-likeness (QED) is 0.654. The first-order valence-corrected chi connectivity index (χ1v) is 5.63. The average molecular weight is 281 g/mol. The second-order valence-corrected chi connectivity index (χ2v) is 4.23. The number of anilines is 1. The number of carbonyl (C=O) groups is 1. The molecule has 0 heterocycles. The van der Waals surface area contributed by atoms with Crippen LogP contribution in [-0.2, 0) is 4.79 Å². The molecule has 3 nitrogen and oxygen atoms in total. The smallest absolute Gasteiger partial charge is 0.238 e. The molecule has 1 rings (SSSR count). The van der Waals surface area contributed by atoms with Gasteiger partial charge in [0.15, 0.2) is 0 Å². The van der Waals surface area contributed by atoms with Crippen LogP contribution in [0.4, 0.5) is 5.69 Å². The van der Waals surface area contributed by atoms with Crippen molar-refractivity contribution in [3.8, 4) is 12.3 Å². The zero-order valence-electron chi connectivity index (χ0n) is 9.01. The number of carbonyl (C=O) groups excluding carboxylic acids is 1. The van der Waals surface area contributed by atoms with Gasteiger partial charge < -0.3 is 5.32 Å². The Labute approximate surface area is 104 Å². The highest BCUT2D eigenvalue weighted by Crippen LogP contribution is 2.20. The van der Waals surface area contributed by atoms with Crippen molar-refractivity contribution in [3.63, 3.8) is 0 Å². The Morgan fingerprint density at radius 3 is 3.00 bits per heavy atom. The third-order valence-corrected chi connectivity index (χ3v) is 2.48. The summed E-state index contributed by atoms with van der Waals surface area (Å²) in [6, 6.07) is 5.74. The third kappa shape index (κ3) is 4.05. The summed E-state index contributed by atoms with van der Waals surface area (Å²) < 4.78 is 0.935. The lowest BCUT2D eigenvalue weighted by Crippen LogP contribution is -2.28. The summed E-state index contributed by atoms with van der Waals surface area (Å²) in [6.45, 7) is 2.55. The highest BCUT2D eigenvalue weighted by atomic mass is 79.9. The topological polar surface area (TPSA) is 41.1 Å². The fraction of sp³-hybridized carbons (Fsp3) is 0.250. The van der Waals surface area contributed by atoms with E-state index in [2.05, 4.69) is 32.5 Å². The Kier molecular flexibility index (Phi) is 5.03. The number of hydrogen-bond donors (Lipinski definition) is 2. The third-order valence-electron chi connectivity index (χ3n) is 1.99. The summed E-state index contributed by atoms with van der Waals surface area (Å²) in [6.07, 6.45) is 5.06. The average Bonchev–Trinajstić information content (AvgIpc) is 2.24. The van der Waals surface area contributed by atoms with E-state index in [1.165, 1.54) is 0 Å². The molecule has 0 bridgehead atoms. The number of amides is 1. The molecule has 2 N–H and O–H groups in total. The van der Waals surface area contributed by atoms with E-state index in [4.69, 9.17) is 6.42 Å². The van der Waals surface area contributed by atoms with E-state index in [1.54, 1.807) is 0 Å². The summed E-state index contributed by atoms with van der Waals surface area (Å²) in [5, 5.41) is 5.64. The predicted octanol–water partition coefficient (Wildman–Crippen LogP) is 1.92. The van der Waals surface area contributed by atoms with Crippen LogP contribution in [0, 0.1) is 19.3 Å². The lowest BCUT2D eigenvalue weighted by atomic mass is 10.2. The van der Waals surface area contributed by atoms with E-state index in [0.717, 1.165) is 15.7 Å². The highest BCUT2D eigenvalue weighted by molar-refractivity contribution is 9.10. The summed E-state index contributed by atoms with van der Waals surface area (Å²) >= 11 is 3.36. The Morgan fingerprint density at radius 1 is 1.56 bits per heavy atom. The molecule has 0 aliphatic rings. The minimum absolute atomic E-state index is 0.101. The van der Waals surface area contributed by atoms with Gasteiger partial charge in [-0.25, -0.2) is 0 Å². The van der Waals surface area contributed by atoms with Crippen LogP contribution in [0.3, 0.4) is 0 Å². The molecule has 0 unspecified atom stereocenters. The maximum Gasteiger partial charge on any atom is 0.238 e. The van der Waals surface area contributed by atoms with Crippen LogP contribution in [0.2, 0.25) is 0 Å². The number of benzene rings is 1. The Hall–Kier alpha value is -1.31. The number of rotatable bonds is 4. The first kappa shape index (κ1) is 12.8. The lowest BCUT2D eigenvalue weighted by Gasteiger charge is -2.08. The summed E-state index contributed by atoms with van der Waals surface area (Å²) in [5.41, 5.74) is 1.83. The predicted molar refractivity (Wildman–Crippen MR) is 69.2 cm³/mol. The van der Waals surface area contributed by atoms with E-state index in [9.17, 15) is 4.79 Å². The van der Waals surface area contributed by atoms with Crippen molar-refractivity contribution in [1.82, 2.24) is 5.32 Å². The van der Waals surface area contributed by atoms with Gasteiger partial charge in [-0.3, -0.25) is 10.1 Å². The van der Waals surface area contributed by atoms with E-state index >= 15 is 0 Å². The molecule has 0 fully saturated rings. The number of halogens is 1. The van der Waals surface area contributed by atoms with Crippen LogP contribution in [0.1, 0.15) is 5.56 Å². The van der Waals surface area contributed by atoms with Crippen molar-refractivity contribution in [2.24, 2.45) is 0 Å². The Bertz CT molecular complexity index is 424. The van der Waals surface area contributed by atoms with Crippen LogP contribution < -0.4 is 10.6 Å². The first-order chi connectivity index (χ1) is 7.63. The van der Waals surface area contributed by atoms with Crippen LogP contribution in [0.25, 0.3) is 0 Å². The SMILES string of the molecule is C#CCNCC(=O)Nc1cc(Br)ccc1C. The maximum absolute atomic E-state index is 11.5. The van der Waals surface area contributed by atoms with Gasteiger partial charge in [0, 0.05) is 10.2 Å². The summed E-state index contributed by atoms with van der Waals surface area (Å²) in [7, 11) is 0. The number of nitrogens with one attached hydrogen (secondary N) is 2. The van der Waals surface area contributed by atoms with Gasteiger partial charge in [-0.1, -0.05) is 27.9 Å². The van der Waals surface area contributed by atoms with E-state index in [0.29, 0.717) is 6.54 Å². The van der Waals surface area contributed by atoms with Gasteiger partial charge >= 0.3 is 0 Å². The van der Waals surface area contributed by atoms with E-state index in [-0.39, 0.29) is 12.5 Å². The van der Waals surface area contributed by atoms with Crippen LogP contribution >= 0.6 is 15.9 Å². The molecule has 0 aliphatic heterocycles. The van der Waals surface area contributed by atoms with Crippen molar-refractivity contribution in [2.75, 3.05) is 18.4 Å². The van der Waals surface area contributed by atoms with Crippen molar-refractivity contribution in [1.29, 1.82) is 0 Å². The van der Waals surface area contributed by atoms with Crippen LogP contribution in [0.15, 0.2) is 22.7 Å². The molecular weight excluding hydrogens is 268 g/mol. The normalized spacial score (nSPS) is 9.56. The molecule has 0 saturated carbocycles. The monoisotopic (exact) mass is 280 g/mol. The number of aryl methyl sites for hydroxylation is 1. The lowest BCUT2D eigenvalue weighted by molar-refractivity contribution is -0.115. The fourth-order valence-corrected chi connectivity index (χ4v) is 1.53. The largest absolute Gasteiger partial charge is 0.325 e. The van der Waals surface area contributed by atoms with Crippen molar-refractivity contribution < 1.29 is 4.79 Å². The Balaban J connectivity index is 2.56. The minimum Gasteiger partial charge on any atom is -0.325 e. The molecule has 0 aromatic heterocycles. The molecule has 84 valence electrons. The van der Waals surface area contributed by atoms with Gasteiger partial charge in [-0.15, -0.1) is 6.42 Å². The highest BCUT2D eigenvalue weighted by Gasteiger charge is 2.04. The van der Waals surface area contributed by atoms with Gasteiger partial charge in [-0.05, 0) is 24.6 Å². The molecule has 0 radical (unpaired) electrons. The van der Waals surface area contributed by atoms with Gasteiger partial charge in [0.05, 0.1) is 13.1 Å². The zero-order valence-corrected chi connectivity index (χ0v) is 10.6. The van der Waals surface area contributed by atoms with Crippen molar-refractivity contribution >= 4 is 27.5 Å². The second-order valence-electron chi connectivity index (χ2n) is 3.32. The zero-order chi connectivity index (χ0) is 12.0. The number of hydrogen-bond acceptors (Lipinski definition) is 2. The Morgan fingerprint density at radius 2 is 2.31 bits per heavy atom. The molecule has 0 saturated heterocycles. The second kappa shape index (κ2) is 6.31. The first-order valence-electron chi connectivity index (χ1n) is 4.83. The van der Waals surface area contributed by atoms with E-state index < -0.39 is 0 Å². The maximum atomic E-state index is 11.5. The van der Waals surface area contributed by atoms with Gasteiger partial charge in [0.25, 0.3) is 0 Å². The van der Waals surface area contributed by atoms with Crippen LogP contribution in [0.5, 0.6) is 0 Å². The minimum atomic E-state index is -0.101. The molecule has 1 aromatic carbocycles. The fourth-order valence-electron chi connectivity index (χ4n) is 1.17. The molecule has 1 aromatic rings. The van der Waals surface area contributed by atoms with Gasteiger partial charge in [0.1, 0.15) is 0 Å². The molecule has 0 aliphatic carbocycles. The molecule has 16 heavy (non-hydrogen) atoms. The van der Waals surface area contributed by atoms with Crippen LogP contribution in [-0.4, -0.2) is 19.0 Å². The standard InChI is InChI=1S/C12H13BrN2O/c1-3-6-14-8-12(16)15-11-7-10(13)5-4-9(11)2/h1,4-5,7,14H,6,8H2,2H3,(H,15,16). The number of terminal acetylenes is 1. The molecule has 0 atom stereocenters. The van der Waals surface area contributed by atoms with Gasteiger partial charge in [-0.2, -0.15) is 0 Å². The molecule has 4 heteroatoms. The summed E-state index contributed by atoms with van der Waals surface area (Å²) in [5.74, 6) is 2.31. The molecule has 1 amide bonds.